The lowest BCUT2D eigenvalue weighted by Gasteiger charge is -2.33. The summed E-state index contributed by atoms with van der Waals surface area (Å²) in [6.07, 6.45) is 0.797. The molecule has 0 atom stereocenters. The predicted octanol–water partition coefficient (Wildman–Crippen LogP) is 2.37. The standard InChI is InChI=1S/C22H25N3O3/c1-3-18-6-4-5-7-19(18)23-20(26)15-25-13-12-24(21(27)22(25)28)14-17-10-8-16(2)9-11-17/h4-11H,3,12-15H2,1-2H3,(H,23,26). The van der Waals surface area contributed by atoms with Crippen LogP contribution in [-0.4, -0.2) is 47.2 Å². The van der Waals surface area contributed by atoms with Crippen LogP contribution >= 0.6 is 0 Å². The van der Waals surface area contributed by atoms with Crippen LogP contribution < -0.4 is 5.32 Å². The van der Waals surface area contributed by atoms with E-state index >= 15 is 0 Å². The minimum absolute atomic E-state index is 0.124. The summed E-state index contributed by atoms with van der Waals surface area (Å²) in [5.41, 5.74) is 3.90. The lowest BCUT2D eigenvalue weighted by Crippen LogP contribution is -2.55. The zero-order chi connectivity index (χ0) is 20.1. The van der Waals surface area contributed by atoms with Crippen LogP contribution in [-0.2, 0) is 27.3 Å². The molecular weight excluding hydrogens is 354 g/mol. The topological polar surface area (TPSA) is 69.7 Å². The summed E-state index contributed by atoms with van der Waals surface area (Å²) in [5.74, 6) is -1.49. The predicted molar refractivity (Wildman–Crippen MR) is 108 cm³/mol. The Hall–Kier alpha value is -3.15. The van der Waals surface area contributed by atoms with Crippen LogP contribution in [0, 0.1) is 6.92 Å². The number of benzene rings is 2. The third-order valence-electron chi connectivity index (χ3n) is 4.90. The third-order valence-corrected chi connectivity index (χ3v) is 4.90. The molecule has 3 rings (SSSR count). The maximum atomic E-state index is 12.5. The molecule has 0 radical (unpaired) electrons. The Morgan fingerprint density at radius 1 is 0.964 bits per heavy atom. The first-order valence-corrected chi connectivity index (χ1v) is 9.49. The molecule has 146 valence electrons. The van der Waals surface area contributed by atoms with E-state index < -0.39 is 11.8 Å². The number of hydrogen-bond acceptors (Lipinski definition) is 3. The monoisotopic (exact) mass is 379 g/mol. The third kappa shape index (κ3) is 4.57. The van der Waals surface area contributed by atoms with Gasteiger partial charge in [-0.1, -0.05) is 55.0 Å². The van der Waals surface area contributed by atoms with Gasteiger partial charge in [0.05, 0.1) is 0 Å². The molecule has 1 aliphatic heterocycles. The number of nitrogens with zero attached hydrogens (tertiary/aromatic N) is 2. The van der Waals surface area contributed by atoms with E-state index in [1.54, 1.807) is 0 Å². The van der Waals surface area contributed by atoms with Crippen LogP contribution in [0.15, 0.2) is 48.5 Å². The quantitative estimate of drug-likeness (QED) is 0.784. The molecular formula is C22H25N3O3. The molecule has 3 amide bonds. The first-order chi connectivity index (χ1) is 13.5. The first kappa shape index (κ1) is 19.6. The number of piperazine rings is 1. The summed E-state index contributed by atoms with van der Waals surface area (Å²) in [7, 11) is 0. The van der Waals surface area contributed by atoms with E-state index in [2.05, 4.69) is 5.32 Å². The summed E-state index contributed by atoms with van der Waals surface area (Å²) in [6.45, 7) is 5.05. The zero-order valence-electron chi connectivity index (χ0n) is 16.3. The number of carbonyl (C=O) groups excluding carboxylic acids is 3. The van der Waals surface area contributed by atoms with Gasteiger partial charge in [0, 0.05) is 25.3 Å². The highest BCUT2D eigenvalue weighted by Gasteiger charge is 2.33. The van der Waals surface area contributed by atoms with Crippen LogP contribution in [0.5, 0.6) is 0 Å². The molecule has 0 spiro atoms. The van der Waals surface area contributed by atoms with Crippen LogP contribution in [0.3, 0.4) is 0 Å². The van der Waals surface area contributed by atoms with Crippen molar-refractivity contribution in [1.29, 1.82) is 0 Å². The van der Waals surface area contributed by atoms with Gasteiger partial charge in [-0.15, -0.1) is 0 Å². The van der Waals surface area contributed by atoms with Gasteiger partial charge in [-0.2, -0.15) is 0 Å². The number of hydrogen-bond donors (Lipinski definition) is 1. The summed E-state index contributed by atoms with van der Waals surface area (Å²) < 4.78 is 0. The van der Waals surface area contributed by atoms with Crippen molar-refractivity contribution in [1.82, 2.24) is 9.80 Å². The van der Waals surface area contributed by atoms with Crippen LogP contribution in [0.4, 0.5) is 5.69 Å². The average molecular weight is 379 g/mol. The van der Waals surface area contributed by atoms with Crippen LogP contribution in [0.1, 0.15) is 23.6 Å². The van der Waals surface area contributed by atoms with Crippen molar-refractivity contribution in [3.8, 4) is 0 Å². The fourth-order valence-electron chi connectivity index (χ4n) is 3.24. The highest BCUT2D eigenvalue weighted by molar-refractivity contribution is 6.35. The molecule has 1 fully saturated rings. The largest absolute Gasteiger partial charge is 0.328 e. The highest BCUT2D eigenvalue weighted by atomic mass is 16.2. The number of anilines is 1. The van der Waals surface area contributed by atoms with Crippen LogP contribution in [0.2, 0.25) is 0 Å². The van der Waals surface area contributed by atoms with Gasteiger partial charge in [-0.25, -0.2) is 0 Å². The molecule has 1 N–H and O–H groups in total. The molecule has 0 unspecified atom stereocenters. The van der Waals surface area contributed by atoms with Crippen molar-refractivity contribution < 1.29 is 14.4 Å². The Balaban J connectivity index is 1.58. The van der Waals surface area contributed by atoms with E-state index in [1.165, 1.54) is 9.80 Å². The van der Waals surface area contributed by atoms with E-state index in [0.717, 1.165) is 28.8 Å². The lowest BCUT2D eigenvalue weighted by molar-refractivity contribution is -0.157. The van der Waals surface area contributed by atoms with Crippen molar-refractivity contribution >= 4 is 23.4 Å². The zero-order valence-corrected chi connectivity index (χ0v) is 16.3. The Morgan fingerprint density at radius 3 is 2.32 bits per heavy atom. The molecule has 6 nitrogen and oxygen atoms in total. The first-order valence-electron chi connectivity index (χ1n) is 9.49. The molecule has 0 aliphatic carbocycles. The van der Waals surface area contributed by atoms with Crippen molar-refractivity contribution in [2.75, 3.05) is 25.0 Å². The fourth-order valence-corrected chi connectivity index (χ4v) is 3.24. The average Bonchev–Trinajstić information content (AvgIpc) is 2.69. The molecule has 1 saturated heterocycles. The van der Waals surface area contributed by atoms with Gasteiger partial charge in [0.1, 0.15) is 6.54 Å². The molecule has 0 saturated carbocycles. The number of aryl methyl sites for hydroxylation is 2. The Kier molecular flexibility index (Phi) is 6.09. The van der Waals surface area contributed by atoms with E-state index in [9.17, 15) is 14.4 Å². The molecule has 0 aromatic heterocycles. The maximum Gasteiger partial charge on any atom is 0.312 e. The fraction of sp³-hybridized carbons (Fsp3) is 0.318. The number of para-hydroxylation sites is 1. The van der Waals surface area contributed by atoms with Gasteiger partial charge < -0.3 is 15.1 Å². The summed E-state index contributed by atoms with van der Waals surface area (Å²) in [5, 5.41) is 2.84. The van der Waals surface area contributed by atoms with E-state index in [1.807, 2.05) is 62.4 Å². The number of carbonyl (C=O) groups is 3. The van der Waals surface area contributed by atoms with Gasteiger partial charge in [-0.05, 0) is 30.5 Å². The van der Waals surface area contributed by atoms with Crippen LogP contribution in [0.25, 0.3) is 0 Å². The molecule has 6 heteroatoms. The van der Waals surface area contributed by atoms with Gasteiger partial charge in [0.2, 0.25) is 5.91 Å². The highest BCUT2D eigenvalue weighted by Crippen LogP contribution is 2.16. The Labute approximate surface area is 165 Å². The molecule has 1 heterocycles. The van der Waals surface area contributed by atoms with Crippen molar-refractivity contribution in [3.05, 3.63) is 65.2 Å². The van der Waals surface area contributed by atoms with Gasteiger partial charge in [0.15, 0.2) is 0 Å². The Morgan fingerprint density at radius 2 is 1.61 bits per heavy atom. The summed E-state index contributed by atoms with van der Waals surface area (Å²) in [6, 6.07) is 15.4. The second kappa shape index (κ2) is 8.69. The molecule has 2 aromatic rings. The second-order valence-electron chi connectivity index (χ2n) is 7.00. The molecule has 0 bridgehead atoms. The SMILES string of the molecule is CCc1ccccc1NC(=O)CN1CCN(Cc2ccc(C)cc2)C(=O)C1=O. The maximum absolute atomic E-state index is 12.5. The minimum Gasteiger partial charge on any atom is -0.328 e. The van der Waals surface area contributed by atoms with E-state index in [0.29, 0.717) is 19.6 Å². The smallest absolute Gasteiger partial charge is 0.312 e. The summed E-state index contributed by atoms with van der Waals surface area (Å²) in [4.78, 5) is 40.1. The molecule has 1 aliphatic rings. The van der Waals surface area contributed by atoms with Gasteiger partial charge in [0.25, 0.3) is 0 Å². The molecule has 28 heavy (non-hydrogen) atoms. The number of rotatable bonds is 6. The lowest BCUT2D eigenvalue weighted by atomic mass is 10.1. The van der Waals surface area contributed by atoms with E-state index in [4.69, 9.17) is 0 Å². The molecule has 2 aromatic carbocycles. The Bertz CT molecular complexity index is 877. The summed E-state index contributed by atoms with van der Waals surface area (Å²) >= 11 is 0. The van der Waals surface area contributed by atoms with Crippen molar-refractivity contribution in [3.63, 3.8) is 0 Å². The minimum atomic E-state index is -0.628. The van der Waals surface area contributed by atoms with Crippen molar-refractivity contribution in [2.45, 2.75) is 26.8 Å². The van der Waals surface area contributed by atoms with Crippen molar-refractivity contribution in [2.24, 2.45) is 0 Å². The number of nitrogens with one attached hydrogen (secondary N) is 1. The van der Waals surface area contributed by atoms with Gasteiger partial charge >= 0.3 is 11.8 Å². The second-order valence-corrected chi connectivity index (χ2v) is 7.00. The number of amides is 3. The normalized spacial score (nSPS) is 14.4. The van der Waals surface area contributed by atoms with Gasteiger partial charge in [-0.3, -0.25) is 14.4 Å². The van der Waals surface area contributed by atoms with E-state index in [-0.39, 0.29) is 12.5 Å².